The fourth-order valence-corrected chi connectivity index (χ4v) is 3.40. The maximum absolute atomic E-state index is 11.4. The lowest BCUT2D eigenvalue weighted by Gasteiger charge is -2.24. The van der Waals surface area contributed by atoms with E-state index in [1.54, 1.807) is 6.92 Å². The van der Waals surface area contributed by atoms with Gasteiger partial charge >= 0.3 is 0 Å². The molecule has 0 radical (unpaired) electrons. The van der Waals surface area contributed by atoms with Gasteiger partial charge in [-0.1, -0.05) is 37.3 Å². The van der Waals surface area contributed by atoms with Crippen LogP contribution in [0, 0.1) is 11.8 Å². The first-order valence-electron chi connectivity index (χ1n) is 8.02. The van der Waals surface area contributed by atoms with E-state index in [1.807, 2.05) is 4.90 Å². The summed E-state index contributed by atoms with van der Waals surface area (Å²) in [7, 11) is 2.21. The Kier molecular flexibility index (Phi) is 5.80. The molecule has 21 heavy (non-hydrogen) atoms. The van der Waals surface area contributed by atoms with E-state index in [0.29, 0.717) is 11.8 Å². The minimum Gasteiger partial charge on any atom is -0.343 e. The van der Waals surface area contributed by atoms with Gasteiger partial charge in [-0.05, 0) is 37.3 Å². The minimum absolute atomic E-state index is 0.220. The number of rotatable bonds is 6. The van der Waals surface area contributed by atoms with Gasteiger partial charge < -0.3 is 9.80 Å². The summed E-state index contributed by atoms with van der Waals surface area (Å²) >= 11 is 0. The van der Waals surface area contributed by atoms with Gasteiger partial charge in [0, 0.05) is 33.1 Å². The van der Waals surface area contributed by atoms with Crippen LogP contribution in [0.3, 0.4) is 0 Å². The van der Waals surface area contributed by atoms with Crippen molar-refractivity contribution in [3.63, 3.8) is 0 Å². The van der Waals surface area contributed by atoms with Gasteiger partial charge in [0.05, 0.1) is 0 Å². The van der Waals surface area contributed by atoms with Crippen LogP contribution in [0.5, 0.6) is 0 Å². The number of benzene rings is 1. The summed E-state index contributed by atoms with van der Waals surface area (Å²) in [6.07, 6.45) is 2.28. The van der Waals surface area contributed by atoms with Crippen molar-refractivity contribution in [3.8, 4) is 0 Å². The average molecular weight is 288 g/mol. The first kappa shape index (κ1) is 16.0. The molecule has 2 atom stereocenters. The maximum atomic E-state index is 11.4. The monoisotopic (exact) mass is 288 g/mol. The molecule has 0 N–H and O–H groups in total. The lowest BCUT2D eigenvalue weighted by Crippen LogP contribution is -2.32. The number of nitrogens with zero attached hydrogens (tertiary/aromatic N) is 2. The van der Waals surface area contributed by atoms with Crippen molar-refractivity contribution >= 4 is 5.91 Å². The summed E-state index contributed by atoms with van der Waals surface area (Å²) in [5.74, 6) is 1.52. The van der Waals surface area contributed by atoms with E-state index in [0.717, 1.165) is 39.0 Å². The average Bonchev–Trinajstić information content (AvgIpc) is 2.88. The van der Waals surface area contributed by atoms with Crippen LogP contribution in [-0.4, -0.2) is 48.9 Å². The van der Waals surface area contributed by atoms with Crippen LogP contribution in [0.15, 0.2) is 30.3 Å². The third kappa shape index (κ3) is 5.16. The van der Waals surface area contributed by atoms with E-state index >= 15 is 0 Å². The quantitative estimate of drug-likeness (QED) is 0.803. The Balaban J connectivity index is 1.72. The molecule has 1 saturated heterocycles. The van der Waals surface area contributed by atoms with Crippen LogP contribution in [0.2, 0.25) is 0 Å². The van der Waals surface area contributed by atoms with Crippen LogP contribution in [0.1, 0.15) is 25.8 Å². The molecule has 0 spiro atoms. The molecule has 0 aliphatic carbocycles. The van der Waals surface area contributed by atoms with E-state index in [4.69, 9.17) is 0 Å². The molecule has 1 amide bonds. The Labute approximate surface area is 128 Å². The number of likely N-dealkylation sites (tertiary alicyclic amines) is 1. The second kappa shape index (κ2) is 7.60. The predicted molar refractivity (Wildman–Crippen MR) is 87.2 cm³/mol. The Morgan fingerprint density at radius 2 is 2.10 bits per heavy atom. The minimum atomic E-state index is 0.220. The summed E-state index contributed by atoms with van der Waals surface area (Å²) in [5.41, 5.74) is 1.42. The molecular formula is C18H28N2O. The van der Waals surface area contributed by atoms with Crippen LogP contribution in [0.4, 0.5) is 0 Å². The smallest absolute Gasteiger partial charge is 0.219 e. The lowest BCUT2D eigenvalue weighted by atomic mass is 10.00. The zero-order chi connectivity index (χ0) is 15.2. The Morgan fingerprint density at radius 1 is 1.38 bits per heavy atom. The largest absolute Gasteiger partial charge is 0.343 e. The molecule has 0 bridgehead atoms. The van der Waals surface area contributed by atoms with Gasteiger partial charge in [0.2, 0.25) is 5.91 Å². The molecule has 0 unspecified atom stereocenters. The molecular weight excluding hydrogens is 260 g/mol. The predicted octanol–water partition coefficient (Wildman–Crippen LogP) is 2.67. The number of amides is 1. The molecule has 116 valence electrons. The highest BCUT2D eigenvalue weighted by Gasteiger charge is 2.25. The van der Waals surface area contributed by atoms with Crippen LogP contribution in [0.25, 0.3) is 0 Å². The highest BCUT2D eigenvalue weighted by atomic mass is 16.2. The van der Waals surface area contributed by atoms with Gasteiger partial charge in [-0.25, -0.2) is 0 Å². The van der Waals surface area contributed by atoms with Crippen molar-refractivity contribution < 1.29 is 4.79 Å². The second-order valence-corrected chi connectivity index (χ2v) is 6.64. The van der Waals surface area contributed by atoms with E-state index in [1.165, 1.54) is 5.56 Å². The van der Waals surface area contributed by atoms with Crippen LogP contribution >= 0.6 is 0 Å². The van der Waals surface area contributed by atoms with Gasteiger partial charge in [0.25, 0.3) is 0 Å². The van der Waals surface area contributed by atoms with Crippen molar-refractivity contribution in [1.82, 2.24) is 9.80 Å². The Bertz CT molecular complexity index is 446. The SMILES string of the molecule is CC(=O)N1CC[C@H](CN(C)C[C@@H](C)Cc2ccccc2)C1. The zero-order valence-corrected chi connectivity index (χ0v) is 13.6. The third-order valence-electron chi connectivity index (χ3n) is 4.35. The first-order valence-corrected chi connectivity index (χ1v) is 8.02. The van der Waals surface area contributed by atoms with E-state index in [9.17, 15) is 4.79 Å². The highest BCUT2D eigenvalue weighted by Crippen LogP contribution is 2.18. The number of hydrogen-bond donors (Lipinski definition) is 0. The van der Waals surface area contributed by atoms with E-state index in [-0.39, 0.29) is 5.91 Å². The maximum Gasteiger partial charge on any atom is 0.219 e. The summed E-state index contributed by atoms with van der Waals surface area (Å²) in [4.78, 5) is 15.8. The number of hydrogen-bond acceptors (Lipinski definition) is 2. The second-order valence-electron chi connectivity index (χ2n) is 6.64. The van der Waals surface area contributed by atoms with Crippen molar-refractivity contribution in [2.75, 3.05) is 33.2 Å². The van der Waals surface area contributed by atoms with E-state index < -0.39 is 0 Å². The zero-order valence-electron chi connectivity index (χ0n) is 13.6. The van der Waals surface area contributed by atoms with E-state index in [2.05, 4.69) is 49.2 Å². The lowest BCUT2D eigenvalue weighted by molar-refractivity contribution is -0.127. The van der Waals surface area contributed by atoms with Crippen LogP contribution in [-0.2, 0) is 11.2 Å². The molecule has 1 aromatic rings. The summed E-state index contributed by atoms with van der Waals surface area (Å²) in [6.45, 7) is 8.09. The third-order valence-corrected chi connectivity index (χ3v) is 4.35. The summed E-state index contributed by atoms with van der Waals surface area (Å²) < 4.78 is 0. The normalized spacial score (nSPS) is 20.0. The molecule has 3 heteroatoms. The molecule has 1 heterocycles. The standard InChI is InChI=1S/C18H28N2O/c1-15(11-17-7-5-4-6-8-17)12-19(3)13-18-9-10-20(14-18)16(2)21/h4-8,15,18H,9-14H2,1-3H3/t15-,18+/m0/s1. The van der Waals surface area contributed by atoms with Gasteiger partial charge in [-0.2, -0.15) is 0 Å². The van der Waals surface area contributed by atoms with Crippen LogP contribution < -0.4 is 0 Å². The van der Waals surface area contributed by atoms with Crippen molar-refractivity contribution in [1.29, 1.82) is 0 Å². The van der Waals surface area contributed by atoms with Gasteiger partial charge in [0.1, 0.15) is 0 Å². The fraction of sp³-hybridized carbons (Fsp3) is 0.611. The summed E-state index contributed by atoms with van der Waals surface area (Å²) in [6, 6.07) is 10.7. The summed E-state index contributed by atoms with van der Waals surface area (Å²) in [5, 5.41) is 0. The molecule has 1 fully saturated rings. The molecule has 1 aliphatic heterocycles. The highest BCUT2D eigenvalue weighted by molar-refractivity contribution is 5.73. The topological polar surface area (TPSA) is 23.6 Å². The first-order chi connectivity index (χ1) is 10.0. The molecule has 1 aromatic carbocycles. The fourth-order valence-electron chi connectivity index (χ4n) is 3.40. The number of carbonyl (C=O) groups excluding carboxylic acids is 1. The van der Waals surface area contributed by atoms with Crippen molar-refractivity contribution in [2.45, 2.75) is 26.7 Å². The van der Waals surface area contributed by atoms with Crippen molar-refractivity contribution in [3.05, 3.63) is 35.9 Å². The molecule has 3 nitrogen and oxygen atoms in total. The van der Waals surface area contributed by atoms with Gasteiger partial charge in [-0.3, -0.25) is 4.79 Å². The number of carbonyl (C=O) groups is 1. The van der Waals surface area contributed by atoms with Gasteiger partial charge in [0.15, 0.2) is 0 Å². The molecule has 2 rings (SSSR count). The van der Waals surface area contributed by atoms with Crippen molar-refractivity contribution in [2.24, 2.45) is 11.8 Å². The molecule has 1 aliphatic rings. The molecule has 0 saturated carbocycles. The van der Waals surface area contributed by atoms with Gasteiger partial charge in [-0.15, -0.1) is 0 Å². The Hall–Kier alpha value is -1.35. The molecule has 0 aromatic heterocycles. The Morgan fingerprint density at radius 3 is 2.71 bits per heavy atom.